The Kier molecular flexibility index (Phi) is 22.5. The molecule has 0 amide bonds. The molecule has 6 rings (SSSR count). The number of nitrogens with zero attached hydrogens (tertiary/aromatic N) is 4. The van der Waals surface area contributed by atoms with E-state index in [1.165, 1.54) is 0 Å². The largest absolute Gasteiger partial charge is 0.497 e. The zero-order valence-electron chi connectivity index (χ0n) is 45.0. The Labute approximate surface area is 449 Å². The van der Waals surface area contributed by atoms with Crippen molar-refractivity contribution in [3.8, 4) is 52.8 Å². The third-order valence-corrected chi connectivity index (χ3v) is 17.4. The number of methoxy groups -OCH3 is 3. The average molecular weight is 1090 g/mol. The minimum atomic E-state index is -3.31. The van der Waals surface area contributed by atoms with Crippen LogP contribution in [0.1, 0.15) is 66.4 Å². The Morgan fingerprint density at radius 3 is 1.45 bits per heavy atom. The lowest BCUT2D eigenvalue weighted by Gasteiger charge is -2.24. The lowest BCUT2D eigenvalue weighted by atomic mass is 10.0. The molecule has 15 nitrogen and oxygen atoms in total. The van der Waals surface area contributed by atoms with Crippen LogP contribution in [0.25, 0.3) is 0 Å². The van der Waals surface area contributed by atoms with Gasteiger partial charge in [-0.3, -0.25) is 23.6 Å². The normalized spacial score (nSPS) is 15.4. The molecule has 76 heavy (non-hydrogen) atoms. The molecule has 1 aliphatic heterocycles. The molecule has 4 atom stereocenters. The molecule has 0 saturated carbocycles. The summed E-state index contributed by atoms with van der Waals surface area (Å²) in [6.07, 6.45) is 2.42. The summed E-state index contributed by atoms with van der Waals surface area (Å²) in [6, 6.07) is 29.8. The van der Waals surface area contributed by atoms with E-state index in [0.29, 0.717) is 97.7 Å². The SMILES string of the molecule is CCOP(C)(=O)C1=NC(CNCCN(CCNCc2cc(C#Cc3ccc(OC)cc3)cc(P(C)(=O)OCC)n2)Cc2cc(C#Cc3ccc(OC)cc3)cc(P(C)(=O)OCC)n2)=CC(C#Cc2ccc(OC)cc2)C1. The molecule has 0 spiro atoms. The maximum atomic E-state index is 13.9. The van der Waals surface area contributed by atoms with Crippen molar-refractivity contribution < 1.29 is 41.5 Å². The van der Waals surface area contributed by atoms with E-state index in [9.17, 15) is 13.7 Å². The Bertz CT molecular complexity index is 3170. The van der Waals surface area contributed by atoms with E-state index in [0.717, 1.165) is 39.6 Å². The van der Waals surface area contributed by atoms with Gasteiger partial charge in [-0.1, -0.05) is 35.5 Å². The number of allylic oxidation sites excluding steroid dienone is 1. The van der Waals surface area contributed by atoms with Crippen molar-refractivity contribution in [1.82, 2.24) is 25.5 Å². The third-order valence-electron chi connectivity index (χ3n) is 11.8. The van der Waals surface area contributed by atoms with Crippen LogP contribution in [-0.4, -0.2) is 114 Å². The second-order valence-corrected chi connectivity index (χ2v) is 25.1. The molecule has 400 valence electrons. The van der Waals surface area contributed by atoms with Gasteiger partial charge in [-0.05, 0) is 124 Å². The molecule has 4 unspecified atom stereocenters. The second-order valence-electron chi connectivity index (χ2n) is 17.8. The predicted molar refractivity (Wildman–Crippen MR) is 305 cm³/mol. The molecule has 3 heterocycles. The fourth-order valence-corrected chi connectivity index (χ4v) is 12.0. The topological polar surface area (TPSA) is 172 Å². The average Bonchev–Trinajstić information content (AvgIpc) is 3.42. The fourth-order valence-electron chi connectivity index (χ4n) is 7.90. The summed E-state index contributed by atoms with van der Waals surface area (Å²) in [6.45, 7) is 14.3. The van der Waals surface area contributed by atoms with Crippen LogP contribution >= 0.6 is 22.1 Å². The summed E-state index contributed by atoms with van der Waals surface area (Å²) in [5.41, 5.74) is 6.96. The molecular weight excluding hydrogens is 1020 g/mol. The Morgan fingerprint density at radius 2 is 0.974 bits per heavy atom. The summed E-state index contributed by atoms with van der Waals surface area (Å²) in [5, 5.41) is 7.10. The number of benzene rings is 3. The molecule has 2 aromatic heterocycles. The third kappa shape index (κ3) is 18.3. The van der Waals surface area contributed by atoms with Gasteiger partial charge in [0.1, 0.15) is 33.6 Å². The number of hydrogen-bond acceptors (Lipinski definition) is 15. The van der Waals surface area contributed by atoms with Gasteiger partial charge in [-0.2, -0.15) is 0 Å². The van der Waals surface area contributed by atoms with Crippen molar-refractivity contribution in [3.63, 3.8) is 0 Å². The standard InChI is InChI=1S/C58H69N6O9P3/c1-10-71-74(7,65)56-38-47(16-13-44-19-25-53(68-4)26-20-44)35-50(61-56)41-59-31-33-64(43-52-37-49(40-58(63-52)76(9,67)73-12-3)18-15-46-23-29-55(70-6)30-24-46)34-32-60-42-51-36-48(39-57(62-51)75(8,66)72-11-2)17-14-45-21-27-54(69-5)28-22-45/h19-30,35-38,40,48,59-60H,10-12,31-34,39,41-43H2,1-9H3. The van der Waals surface area contributed by atoms with E-state index in [1.807, 2.05) is 97.9 Å². The highest BCUT2D eigenvalue weighted by atomic mass is 31.2. The number of nitrogens with one attached hydrogen (secondary N) is 2. The maximum absolute atomic E-state index is 13.9. The quantitative estimate of drug-likeness (QED) is 0.0341. The molecule has 0 bridgehead atoms. The van der Waals surface area contributed by atoms with Crippen molar-refractivity contribution in [3.05, 3.63) is 148 Å². The van der Waals surface area contributed by atoms with Gasteiger partial charge in [0.2, 0.25) is 22.1 Å². The lowest BCUT2D eigenvalue weighted by molar-refractivity contribution is 0.262. The van der Waals surface area contributed by atoms with Gasteiger partial charge in [-0.25, -0.2) is 9.97 Å². The number of aromatic nitrogens is 2. The highest BCUT2D eigenvalue weighted by molar-refractivity contribution is 7.76. The van der Waals surface area contributed by atoms with Crippen molar-refractivity contribution in [1.29, 1.82) is 0 Å². The molecule has 5 aromatic rings. The zero-order chi connectivity index (χ0) is 54.6. The van der Waals surface area contributed by atoms with Crippen LogP contribution in [0.3, 0.4) is 0 Å². The van der Waals surface area contributed by atoms with E-state index in [1.54, 1.807) is 67.3 Å². The van der Waals surface area contributed by atoms with Gasteiger partial charge in [0.05, 0.1) is 58.2 Å². The summed E-state index contributed by atoms with van der Waals surface area (Å²) < 4.78 is 74.5. The summed E-state index contributed by atoms with van der Waals surface area (Å²) >= 11 is 0. The fraction of sp³-hybridized carbons (Fsp3) is 0.362. The van der Waals surface area contributed by atoms with E-state index in [-0.39, 0.29) is 19.1 Å². The molecule has 0 saturated heterocycles. The molecule has 0 fully saturated rings. The number of ether oxygens (including phenoxy) is 3. The minimum absolute atomic E-state index is 0.232. The molecule has 18 heteroatoms. The molecule has 1 aliphatic rings. The predicted octanol–water partition coefficient (Wildman–Crippen LogP) is 8.92. The van der Waals surface area contributed by atoms with Crippen LogP contribution < -0.4 is 35.7 Å². The Morgan fingerprint density at radius 1 is 0.553 bits per heavy atom. The molecule has 3 aromatic carbocycles. The Balaban J connectivity index is 1.25. The van der Waals surface area contributed by atoms with Gasteiger partial charge in [0.25, 0.3) is 0 Å². The van der Waals surface area contributed by atoms with E-state index >= 15 is 0 Å². The van der Waals surface area contributed by atoms with Crippen LogP contribution in [0.2, 0.25) is 0 Å². The minimum Gasteiger partial charge on any atom is -0.497 e. The smallest absolute Gasteiger partial charge is 0.247 e. The van der Waals surface area contributed by atoms with E-state index < -0.39 is 22.1 Å². The first kappa shape index (κ1) is 59.1. The molecule has 0 aliphatic carbocycles. The first-order valence-corrected chi connectivity index (χ1v) is 31.4. The van der Waals surface area contributed by atoms with Gasteiger partial charge < -0.3 is 38.4 Å². The van der Waals surface area contributed by atoms with Gasteiger partial charge in [-0.15, -0.1) is 0 Å². The zero-order valence-corrected chi connectivity index (χ0v) is 47.7. The summed E-state index contributed by atoms with van der Waals surface area (Å²) in [4.78, 5) is 16.8. The highest BCUT2D eigenvalue weighted by Crippen LogP contribution is 2.48. The van der Waals surface area contributed by atoms with Crippen LogP contribution in [-0.2, 0) is 40.4 Å². The Hall–Kier alpha value is -6.10. The van der Waals surface area contributed by atoms with Crippen molar-refractivity contribution in [2.75, 3.05) is 93.9 Å². The van der Waals surface area contributed by atoms with Crippen LogP contribution in [0.5, 0.6) is 17.2 Å². The van der Waals surface area contributed by atoms with Crippen molar-refractivity contribution >= 4 is 38.4 Å². The molecule has 0 radical (unpaired) electrons. The number of hydrogen-bond donors (Lipinski definition) is 2. The second kappa shape index (κ2) is 28.9. The van der Waals surface area contributed by atoms with Gasteiger partial charge >= 0.3 is 0 Å². The first-order valence-electron chi connectivity index (χ1n) is 25.1. The maximum Gasteiger partial charge on any atom is 0.247 e. The molecular formula is C58H69N6O9P3. The number of pyridine rings is 2. The van der Waals surface area contributed by atoms with Crippen LogP contribution in [0, 0.1) is 41.4 Å². The first-order chi connectivity index (χ1) is 36.5. The lowest BCUT2D eigenvalue weighted by Crippen LogP contribution is -2.37. The summed E-state index contributed by atoms with van der Waals surface area (Å²) in [7, 11) is -4.87. The monoisotopic (exact) mass is 1090 g/mol. The summed E-state index contributed by atoms with van der Waals surface area (Å²) in [5.74, 6) is 21.5. The van der Waals surface area contributed by atoms with E-state index in [4.69, 9.17) is 42.7 Å². The van der Waals surface area contributed by atoms with Crippen molar-refractivity contribution in [2.24, 2.45) is 10.9 Å². The van der Waals surface area contributed by atoms with Gasteiger partial charge in [0.15, 0.2) is 0 Å². The highest BCUT2D eigenvalue weighted by Gasteiger charge is 2.29. The van der Waals surface area contributed by atoms with Gasteiger partial charge in [0, 0.05) is 106 Å². The van der Waals surface area contributed by atoms with Crippen molar-refractivity contribution in [2.45, 2.75) is 40.3 Å². The van der Waals surface area contributed by atoms with E-state index in [2.05, 4.69) is 51.1 Å². The molecule has 2 N–H and O–H groups in total. The van der Waals surface area contributed by atoms with Crippen LogP contribution in [0.4, 0.5) is 0 Å². The van der Waals surface area contributed by atoms with Crippen LogP contribution in [0.15, 0.2) is 114 Å². The number of aliphatic imine (C=N–C) groups is 1. The number of rotatable bonds is 24.